The molecule has 0 atom stereocenters. The minimum atomic E-state index is -0.331. The van der Waals surface area contributed by atoms with Crippen LogP contribution in [0.15, 0.2) is 42.6 Å². The van der Waals surface area contributed by atoms with Crippen LogP contribution in [0.2, 0.25) is 0 Å². The van der Waals surface area contributed by atoms with Gasteiger partial charge in [-0.1, -0.05) is 13.8 Å². The number of carbonyl (C=O) groups is 1. The number of aromatic nitrogens is 2. The van der Waals surface area contributed by atoms with Gasteiger partial charge in [-0.2, -0.15) is 5.10 Å². The van der Waals surface area contributed by atoms with Crippen LogP contribution in [0, 0.1) is 11.7 Å². The van der Waals surface area contributed by atoms with E-state index < -0.39 is 0 Å². The van der Waals surface area contributed by atoms with E-state index in [1.165, 1.54) is 12.1 Å². The van der Waals surface area contributed by atoms with E-state index in [9.17, 15) is 9.18 Å². The highest BCUT2D eigenvalue weighted by Gasteiger charge is 2.17. The summed E-state index contributed by atoms with van der Waals surface area (Å²) in [4.78, 5) is 15.1. The van der Waals surface area contributed by atoms with Crippen molar-refractivity contribution < 1.29 is 13.9 Å². The molecule has 0 saturated carbocycles. The van der Waals surface area contributed by atoms with E-state index in [4.69, 9.17) is 4.74 Å². The Morgan fingerprint density at radius 3 is 2.59 bits per heavy atom. The predicted octanol–water partition coefficient (Wildman–Crippen LogP) is 5.15. The number of nitrogens with zero attached hydrogens (tertiary/aromatic N) is 3. The molecule has 6 heteroatoms. The number of hydrogen-bond acceptors (Lipinski definition) is 4. The van der Waals surface area contributed by atoms with E-state index in [1.807, 2.05) is 30.9 Å². The lowest BCUT2D eigenvalue weighted by atomic mass is 10.0. The van der Waals surface area contributed by atoms with Crippen molar-refractivity contribution in [1.29, 1.82) is 0 Å². The second-order valence-electron chi connectivity index (χ2n) is 8.01. The van der Waals surface area contributed by atoms with Crippen molar-refractivity contribution in [3.8, 4) is 11.5 Å². The summed E-state index contributed by atoms with van der Waals surface area (Å²) in [7, 11) is 3.98. The summed E-state index contributed by atoms with van der Waals surface area (Å²) in [5.41, 5.74) is 1.45. The Bertz CT molecular complexity index is 978. The van der Waals surface area contributed by atoms with Crippen LogP contribution in [0.1, 0.15) is 37.0 Å². The molecule has 3 aromatic rings. The molecule has 29 heavy (non-hydrogen) atoms. The van der Waals surface area contributed by atoms with Crippen molar-refractivity contribution in [3.63, 3.8) is 0 Å². The molecule has 2 aromatic carbocycles. The zero-order valence-corrected chi connectivity index (χ0v) is 17.5. The zero-order chi connectivity index (χ0) is 21.0. The number of ketones is 1. The summed E-state index contributed by atoms with van der Waals surface area (Å²) in [6, 6.07) is 9.52. The molecule has 0 aliphatic carbocycles. The van der Waals surface area contributed by atoms with Crippen molar-refractivity contribution in [2.75, 3.05) is 20.6 Å². The van der Waals surface area contributed by atoms with Crippen molar-refractivity contribution in [2.24, 2.45) is 5.92 Å². The largest absolute Gasteiger partial charge is 0.457 e. The molecule has 0 amide bonds. The Morgan fingerprint density at radius 2 is 1.93 bits per heavy atom. The molecule has 0 unspecified atom stereocenters. The summed E-state index contributed by atoms with van der Waals surface area (Å²) in [5.74, 6) is 1.10. The lowest BCUT2D eigenvalue weighted by Gasteiger charge is -2.13. The normalized spacial score (nSPS) is 11.6. The molecular weight excluding hydrogens is 369 g/mol. The van der Waals surface area contributed by atoms with Gasteiger partial charge in [0.2, 0.25) is 0 Å². The molecule has 0 bridgehead atoms. The monoisotopic (exact) mass is 397 g/mol. The summed E-state index contributed by atoms with van der Waals surface area (Å²) >= 11 is 0. The first-order chi connectivity index (χ1) is 13.8. The molecule has 154 valence electrons. The predicted molar refractivity (Wildman–Crippen MR) is 113 cm³/mol. The lowest BCUT2D eigenvalue weighted by Crippen LogP contribution is -2.14. The second kappa shape index (κ2) is 9.18. The molecule has 5 nitrogen and oxygen atoms in total. The van der Waals surface area contributed by atoms with Gasteiger partial charge in [-0.3, -0.25) is 9.48 Å². The van der Waals surface area contributed by atoms with E-state index in [-0.39, 0.29) is 11.6 Å². The van der Waals surface area contributed by atoms with Crippen LogP contribution in [0.25, 0.3) is 10.9 Å². The minimum Gasteiger partial charge on any atom is -0.457 e. The maximum absolute atomic E-state index is 13.2. The van der Waals surface area contributed by atoms with Gasteiger partial charge in [0.05, 0.1) is 17.3 Å². The van der Waals surface area contributed by atoms with Gasteiger partial charge in [0, 0.05) is 18.4 Å². The Balaban J connectivity index is 1.97. The van der Waals surface area contributed by atoms with Gasteiger partial charge in [-0.25, -0.2) is 4.39 Å². The van der Waals surface area contributed by atoms with Crippen LogP contribution in [0.4, 0.5) is 4.39 Å². The number of hydrogen-bond donors (Lipinski definition) is 0. The third-order valence-corrected chi connectivity index (χ3v) is 4.63. The molecule has 0 aliphatic rings. The Kier molecular flexibility index (Phi) is 6.64. The Morgan fingerprint density at radius 1 is 1.21 bits per heavy atom. The summed E-state index contributed by atoms with van der Waals surface area (Å²) < 4.78 is 21.1. The van der Waals surface area contributed by atoms with E-state index in [1.54, 1.807) is 18.3 Å². The molecule has 3 rings (SSSR count). The van der Waals surface area contributed by atoms with Gasteiger partial charge in [0.15, 0.2) is 5.78 Å². The maximum Gasteiger partial charge on any atom is 0.166 e. The highest BCUT2D eigenvalue weighted by Crippen LogP contribution is 2.31. The molecule has 0 saturated heterocycles. The third-order valence-electron chi connectivity index (χ3n) is 4.63. The van der Waals surface area contributed by atoms with Crippen molar-refractivity contribution >= 4 is 16.7 Å². The van der Waals surface area contributed by atoms with Gasteiger partial charge >= 0.3 is 0 Å². The van der Waals surface area contributed by atoms with Crippen LogP contribution in [-0.4, -0.2) is 41.1 Å². The third kappa shape index (κ3) is 5.41. The average molecular weight is 397 g/mol. The number of fused-ring (bicyclic) bond motifs is 1. The van der Waals surface area contributed by atoms with Gasteiger partial charge in [0.1, 0.15) is 17.3 Å². The quantitative estimate of drug-likeness (QED) is 0.469. The van der Waals surface area contributed by atoms with E-state index >= 15 is 0 Å². The molecule has 0 radical (unpaired) electrons. The highest BCUT2D eigenvalue weighted by atomic mass is 19.1. The topological polar surface area (TPSA) is 47.4 Å². The fourth-order valence-electron chi connectivity index (χ4n) is 3.22. The molecule has 0 aliphatic heterocycles. The fourth-order valence-corrected chi connectivity index (χ4v) is 3.22. The van der Waals surface area contributed by atoms with Crippen molar-refractivity contribution in [3.05, 3.63) is 54.0 Å². The Labute approximate surface area is 171 Å². The number of ether oxygens (including phenoxy) is 1. The van der Waals surface area contributed by atoms with Crippen LogP contribution in [0.3, 0.4) is 0 Å². The molecule has 0 spiro atoms. The molecular formula is C23H28FN3O2. The molecule has 0 fully saturated rings. The van der Waals surface area contributed by atoms with E-state index in [2.05, 4.69) is 23.8 Å². The summed E-state index contributed by atoms with van der Waals surface area (Å²) in [5, 5.41) is 5.38. The minimum absolute atomic E-state index is 0.0307. The second-order valence-corrected chi connectivity index (χ2v) is 8.01. The summed E-state index contributed by atoms with van der Waals surface area (Å²) in [6.45, 7) is 5.88. The lowest BCUT2D eigenvalue weighted by molar-refractivity contribution is 0.0975. The average Bonchev–Trinajstić information content (AvgIpc) is 3.03. The first-order valence-corrected chi connectivity index (χ1v) is 9.94. The standard InChI is InChI=1S/C23H28FN3O2/c1-16(2)15-27-21-13-20(22(28)6-5-11-26(3)4)23(12-17(21)14-25-27)29-19-9-7-18(24)8-10-19/h7-10,12-14,16H,5-6,11,15H2,1-4H3. The van der Waals surface area contributed by atoms with E-state index in [0.717, 1.165) is 30.4 Å². The van der Waals surface area contributed by atoms with Gasteiger partial charge in [0.25, 0.3) is 0 Å². The Hall–Kier alpha value is -2.73. The number of halogens is 1. The number of carbonyl (C=O) groups excluding carboxylic acids is 1. The number of benzene rings is 2. The SMILES string of the molecule is CC(C)Cn1ncc2cc(Oc3ccc(F)cc3)c(C(=O)CCCN(C)C)cc21. The number of rotatable bonds is 9. The van der Waals surface area contributed by atoms with Crippen LogP contribution < -0.4 is 4.74 Å². The highest BCUT2D eigenvalue weighted by molar-refractivity contribution is 6.02. The van der Waals surface area contributed by atoms with Crippen molar-refractivity contribution in [1.82, 2.24) is 14.7 Å². The zero-order valence-electron chi connectivity index (χ0n) is 17.5. The van der Waals surface area contributed by atoms with Gasteiger partial charge < -0.3 is 9.64 Å². The smallest absolute Gasteiger partial charge is 0.166 e. The fraction of sp³-hybridized carbons (Fsp3) is 0.391. The van der Waals surface area contributed by atoms with Crippen LogP contribution in [-0.2, 0) is 6.54 Å². The molecule has 1 heterocycles. The maximum atomic E-state index is 13.2. The van der Waals surface area contributed by atoms with E-state index in [0.29, 0.717) is 29.4 Å². The van der Waals surface area contributed by atoms with Crippen LogP contribution in [0.5, 0.6) is 11.5 Å². The van der Waals surface area contributed by atoms with Crippen molar-refractivity contribution in [2.45, 2.75) is 33.2 Å². The van der Waals surface area contributed by atoms with Gasteiger partial charge in [-0.05, 0) is 69.4 Å². The first-order valence-electron chi connectivity index (χ1n) is 9.94. The number of Topliss-reactive ketones (excluding diaryl/α,β-unsaturated/α-hetero) is 1. The molecule has 1 aromatic heterocycles. The summed E-state index contributed by atoms with van der Waals surface area (Å²) in [6.07, 6.45) is 2.99. The van der Waals surface area contributed by atoms with Gasteiger partial charge in [-0.15, -0.1) is 0 Å². The molecule has 0 N–H and O–H groups in total. The first kappa shape index (κ1) is 21.0. The van der Waals surface area contributed by atoms with Crippen LogP contribution >= 0.6 is 0 Å².